The second-order valence-corrected chi connectivity index (χ2v) is 18.2. The van der Waals surface area contributed by atoms with Gasteiger partial charge in [0, 0.05) is 21.9 Å². The van der Waals surface area contributed by atoms with Crippen LogP contribution in [0.5, 0.6) is 11.5 Å². The third-order valence-electron chi connectivity index (χ3n) is 10.7. The summed E-state index contributed by atoms with van der Waals surface area (Å²) < 4.78 is 78.1. The van der Waals surface area contributed by atoms with E-state index in [0.717, 1.165) is 44.1 Å². The molecule has 57 heavy (non-hydrogen) atoms. The van der Waals surface area contributed by atoms with E-state index < -0.39 is 20.0 Å². The van der Waals surface area contributed by atoms with Crippen molar-refractivity contribution in [3.63, 3.8) is 0 Å². The quantitative estimate of drug-likeness (QED) is 0.148. The first-order valence-electron chi connectivity index (χ1n) is 18.6. The zero-order valence-corrected chi connectivity index (χ0v) is 35.5. The van der Waals surface area contributed by atoms with Gasteiger partial charge >= 0.3 is 0 Å². The van der Waals surface area contributed by atoms with Crippen LogP contribution in [0.25, 0.3) is 27.5 Å². The fourth-order valence-corrected chi connectivity index (χ4v) is 10.7. The number of aryl methyl sites for hydroxylation is 6. The number of methoxy groups -OCH3 is 2. The Labute approximate surface area is 335 Å². The normalized spacial score (nSPS) is 12.0. The zero-order chi connectivity index (χ0) is 41.1. The Balaban J connectivity index is 1.69. The molecule has 0 aliphatic rings. The molecule has 9 nitrogen and oxygen atoms in total. The van der Waals surface area contributed by atoms with Crippen molar-refractivity contribution in [1.82, 2.24) is 4.57 Å². The molecule has 0 saturated carbocycles. The third-order valence-corrected chi connectivity index (χ3v) is 13.8. The lowest BCUT2D eigenvalue weighted by Gasteiger charge is -2.33. The third kappa shape index (κ3) is 6.58. The van der Waals surface area contributed by atoms with Crippen molar-refractivity contribution in [2.24, 2.45) is 0 Å². The van der Waals surface area contributed by atoms with Gasteiger partial charge in [0.2, 0.25) is 0 Å². The van der Waals surface area contributed by atoms with Crippen LogP contribution in [0, 0.1) is 55.4 Å². The Morgan fingerprint density at radius 1 is 0.596 bits per heavy atom. The molecule has 1 N–H and O–H groups in total. The highest BCUT2D eigenvalue weighted by molar-refractivity contribution is 7.93. The van der Waals surface area contributed by atoms with Crippen LogP contribution in [0.3, 0.4) is 0 Å². The van der Waals surface area contributed by atoms with E-state index in [1.165, 1.54) is 23.5 Å². The van der Waals surface area contributed by atoms with Gasteiger partial charge in [0.1, 0.15) is 11.5 Å². The second-order valence-electron chi connectivity index (χ2n) is 14.7. The summed E-state index contributed by atoms with van der Waals surface area (Å²) in [6.07, 6.45) is 0. The van der Waals surface area contributed by atoms with E-state index in [2.05, 4.69) is 34.4 Å². The van der Waals surface area contributed by atoms with E-state index in [4.69, 9.17) is 9.47 Å². The topological polar surface area (TPSA) is 107 Å². The van der Waals surface area contributed by atoms with E-state index in [-0.39, 0.29) is 21.2 Å². The predicted octanol–water partition coefficient (Wildman–Crippen LogP) is 10.6. The lowest BCUT2D eigenvalue weighted by molar-refractivity contribution is 0.408. The zero-order valence-electron chi connectivity index (χ0n) is 33.9. The van der Waals surface area contributed by atoms with Gasteiger partial charge in [0.25, 0.3) is 20.0 Å². The number of aromatic nitrogens is 1. The Bertz CT molecular complexity index is 2950. The first-order chi connectivity index (χ1) is 27.0. The fourth-order valence-electron chi connectivity index (χ4n) is 8.06. The monoisotopic (exact) mass is 801 g/mol. The molecule has 0 bridgehead atoms. The minimum absolute atomic E-state index is 0.0192. The molecule has 7 aromatic rings. The number of nitrogens with zero attached hydrogens (tertiary/aromatic N) is 2. The van der Waals surface area contributed by atoms with Gasteiger partial charge in [-0.1, -0.05) is 65.7 Å². The number of sulfonamides is 2. The highest BCUT2D eigenvalue weighted by atomic mass is 32.2. The highest BCUT2D eigenvalue weighted by Crippen LogP contribution is 2.50. The van der Waals surface area contributed by atoms with Gasteiger partial charge in [0.05, 0.1) is 57.8 Å². The van der Waals surface area contributed by atoms with Crippen molar-refractivity contribution in [3.05, 3.63) is 142 Å². The average molecular weight is 802 g/mol. The molecule has 0 saturated heterocycles. The van der Waals surface area contributed by atoms with Gasteiger partial charge < -0.3 is 14.0 Å². The lowest BCUT2D eigenvalue weighted by atomic mass is 10.0. The maximum absolute atomic E-state index is 15.7. The minimum Gasteiger partial charge on any atom is -0.496 e. The fraction of sp³-hybridized carbons (Fsp3) is 0.217. The van der Waals surface area contributed by atoms with E-state index in [0.29, 0.717) is 45.1 Å². The Kier molecular flexibility index (Phi) is 10.1. The van der Waals surface area contributed by atoms with Crippen LogP contribution in [0.2, 0.25) is 0 Å². The molecule has 0 aliphatic heterocycles. The number of benzene rings is 6. The molecule has 1 aromatic heterocycles. The molecule has 0 radical (unpaired) electrons. The predicted molar refractivity (Wildman–Crippen MR) is 231 cm³/mol. The lowest BCUT2D eigenvalue weighted by Crippen LogP contribution is -2.30. The molecule has 0 spiro atoms. The summed E-state index contributed by atoms with van der Waals surface area (Å²) in [6.45, 7) is 15.2. The number of anilines is 3. The van der Waals surface area contributed by atoms with Crippen LogP contribution in [-0.4, -0.2) is 35.6 Å². The summed E-state index contributed by atoms with van der Waals surface area (Å²) in [7, 11) is -5.64. The van der Waals surface area contributed by atoms with Gasteiger partial charge in [-0.15, -0.1) is 0 Å². The molecule has 6 aromatic carbocycles. The van der Waals surface area contributed by atoms with Crippen LogP contribution in [0.1, 0.15) is 44.5 Å². The summed E-state index contributed by atoms with van der Waals surface area (Å²) in [5.41, 5.74) is 9.03. The van der Waals surface area contributed by atoms with Gasteiger partial charge in [-0.25, -0.2) is 21.1 Å². The largest absolute Gasteiger partial charge is 0.496 e. The highest BCUT2D eigenvalue weighted by Gasteiger charge is 2.37. The Hall–Kier alpha value is -5.78. The number of para-hydroxylation sites is 1. The smallest absolute Gasteiger partial charge is 0.268 e. The SMILES string of the molecule is COc1c(C)cc(NS(=O)(=O)c2ccc(C)cc2)c(N(c2cc(C)c(OC)c(C)c2-n2c3ccccc3c3c(C)ccc(C)c32)S(=O)(=O)c2ccc(C)cc2)c1C. The van der Waals surface area contributed by atoms with Crippen LogP contribution < -0.4 is 18.5 Å². The first kappa shape index (κ1) is 39.5. The van der Waals surface area contributed by atoms with Crippen LogP contribution in [-0.2, 0) is 20.0 Å². The van der Waals surface area contributed by atoms with E-state index in [9.17, 15) is 8.42 Å². The van der Waals surface area contributed by atoms with Crippen LogP contribution >= 0.6 is 0 Å². The average Bonchev–Trinajstić information content (AvgIpc) is 3.51. The van der Waals surface area contributed by atoms with Gasteiger partial charge in [0.15, 0.2) is 0 Å². The molecule has 0 fully saturated rings. The molecule has 1 heterocycles. The van der Waals surface area contributed by atoms with Gasteiger partial charge in [-0.05, 0) is 120 Å². The molecule has 0 aliphatic carbocycles. The van der Waals surface area contributed by atoms with Crippen molar-refractivity contribution < 1.29 is 26.3 Å². The maximum Gasteiger partial charge on any atom is 0.268 e. The summed E-state index contributed by atoms with van der Waals surface area (Å²) >= 11 is 0. The summed E-state index contributed by atoms with van der Waals surface area (Å²) in [4.78, 5) is 0.0526. The summed E-state index contributed by atoms with van der Waals surface area (Å²) in [5, 5.41) is 2.05. The van der Waals surface area contributed by atoms with Crippen molar-refractivity contribution in [3.8, 4) is 17.2 Å². The molecular weight excluding hydrogens is 755 g/mol. The van der Waals surface area contributed by atoms with Crippen molar-refractivity contribution in [2.75, 3.05) is 23.2 Å². The number of fused-ring (bicyclic) bond motifs is 3. The maximum atomic E-state index is 15.7. The molecule has 294 valence electrons. The molecular formula is C46H47N3O6S2. The van der Waals surface area contributed by atoms with Crippen molar-refractivity contribution in [1.29, 1.82) is 0 Å². The molecule has 11 heteroatoms. The van der Waals surface area contributed by atoms with E-state index in [1.54, 1.807) is 63.4 Å². The Morgan fingerprint density at radius 2 is 1.14 bits per heavy atom. The van der Waals surface area contributed by atoms with Gasteiger partial charge in [-0.2, -0.15) is 0 Å². The van der Waals surface area contributed by atoms with Crippen LogP contribution in [0.15, 0.2) is 107 Å². The molecule has 0 atom stereocenters. The molecule has 7 rings (SSSR count). The standard InChI is InChI=1S/C46H47N3O6S2/c1-27-15-21-35(22-16-27)56(50,51)47-38-25-31(5)45(54-9)33(7)43(38)49(57(52,53)36-23-17-28(2)18-24-36)40-26-32(6)46(55-10)34(8)44(40)48-39-14-12-11-13-37(39)41-29(3)19-20-30(4)42(41)48/h11-26,47H,1-10H3. The van der Waals surface area contributed by atoms with Crippen LogP contribution in [0.4, 0.5) is 17.1 Å². The van der Waals surface area contributed by atoms with Crippen molar-refractivity contribution in [2.45, 2.75) is 65.2 Å². The number of ether oxygens (including phenoxy) is 2. The second kappa shape index (κ2) is 14.6. The van der Waals surface area contributed by atoms with E-state index in [1.807, 2.05) is 58.9 Å². The molecule has 0 unspecified atom stereocenters. The minimum atomic E-state index is -4.54. The number of hydrogen-bond donors (Lipinski definition) is 1. The summed E-state index contributed by atoms with van der Waals surface area (Å²) in [5.74, 6) is 1.01. The number of rotatable bonds is 10. The number of nitrogens with one attached hydrogen (secondary N) is 1. The number of hydrogen-bond acceptors (Lipinski definition) is 6. The summed E-state index contributed by atoms with van der Waals surface area (Å²) in [6, 6.07) is 28.8. The van der Waals surface area contributed by atoms with Crippen molar-refractivity contribution >= 4 is 58.9 Å². The molecule has 0 amide bonds. The Morgan fingerprint density at radius 3 is 1.75 bits per heavy atom. The van der Waals surface area contributed by atoms with Gasteiger partial charge in [-0.3, -0.25) is 4.72 Å². The first-order valence-corrected chi connectivity index (χ1v) is 21.5. The van der Waals surface area contributed by atoms with E-state index >= 15 is 8.42 Å².